The van der Waals surface area contributed by atoms with Gasteiger partial charge >= 0.3 is 0 Å². The van der Waals surface area contributed by atoms with E-state index in [0.29, 0.717) is 12.1 Å². The molecule has 1 fully saturated rings. The van der Waals surface area contributed by atoms with E-state index in [1.54, 1.807) is 0 Å². The Morgan fingerprint density at radius 1 is 1.07 bits per heavy atom. The molecule has 0 saturated carbocycles. The van der Waals surface area contributed by atoms with E-state index < -0.39 is 11.7 Å². The fourth-order valence-electron chi connectivity index (χ4n) is 3.68. The number of carbonyl (C=O) groups is 2. The topological polar surface area (TPSA) is 61.4 Å². The highest BCUT2D eigenvalue weighted by Gasteiger charge is 2.17. The van der Waals surface area contributed by atoms with Crippen LogP contribution in [0.15, 0.2) is 48.5 Å². The number of likely N-dealkylation sites (tertiary alicyclic amines) is 1. The summed E-state index contributed by atoms with van der Waals surface area (Å²) in [4.78, 5) is 26.6. The molecule has 2 aromatic rings. The van der Waals surface area contributed by atoms with Gasteiger partial charge < -0.3 is 10.6 Å². The quantitative estimate of drug-likeness (QED) is 0.755. The van der Waals surface area contributed by atoms with Crippen molar-refractivity contribution in [2.24, 2.45) is 5.92 Å². The lowest BCUT2D eigenvalue weighted by Gasteiger charge is -2.31. The summed E-state index contributed by atoms with van der Waals surface area (Å²) < 4.78 is 12.9. The Hall–Kier alpha value is -2.73. The van der Waals surface area contributed by atoms with Crippen molar-refractivity contribution in [3.63, 3.8) is 0 Å². The number of hydrogen-bond acceptors (Lipinski definition) is 3. The highest BCUT2D eigenvalue weighted by Crippen LogP contribution is 2.19. The minimum absolute atomic E-state index is 0.123. The van der Waals surface area contributed by atoms with Crippen LogP contribution in [0.4, 0.5) is 4.39 Å². The molecule has 2 aromatic carbocycles. The third-order valence-corrected chi connectivity index (χ3v) is 5.25. The van der Waals surface area contributed by atoms with Crippen LogP contribution in [0.2, 0.25) is 0 Å². The summed E-state index contributed by atoms with van der Waals surface area (Å²) in [7, 11) is 0. The molecule has 0 aromatic heterocycles. The normalized spacial score (nSPS) is 17.0. The summed E-state index contributed by atoms with van der Waals surface area (Å²) >= 11 is 0. The minimum Gasteiger partial charge on any atom is -0.350 e. The summed E-state index contributed by atoms with van der Waals surface area (Å²) in [6.45, 7) is 5.69. The van der Waals surface area contributed by atoms with E-state index in [9.17, 15) is 14.0 Å². The Balaban J connectivity index is 1.48. The molecule has 1 aliphatic rings. The maximum absolute atomic E-state index is 12.9. The Morgan fingerprint density at radius 2 is 1.79 bits per heavy atom. The van der Waals surface area contributed by atoms with Gasteiger partial charge in [0.1, 0.15) is 5.82 Å². The lowest BCUT2D eigenvalue weighted by Crippen LogP contribution is -2.37. The van der Waals surface area contributed by atoms with E-state index in [0.717, 1.165) is 31.1 Å². The number of hydrogen-bond donors (Lipinski definition) is 2. The molecule has 1 heterocycles. The van der Waals surface area contributed by atoms with E-state index in [-0.39, 0.29) is 12.5 Å². The number of rotatable bonds is 7. The molecule has 2 amide bonds. The van der Waals surface area contributed by atoms with Crippen LogP contribution >= 0.6 is 0 Å². The predicted octanol–water partition coefficient (Wildman–Crippen LogP) is 3.10. The van der Waals surface area contributed by atoms with Gasteiger partial charge in [0, 0.05) is 25.2 Å². The van der Waals surface area contributed by atoms with E-state index in [1.807, 2.05) is 18.2 Å². The van der Waals surface area contributed by atoms with Crippen molar-refractivity contribution in [3.05, 3.63) is 71.0 Å². The zero-order chi connectivity index (χ0) is 20.6. The summed E-state index contributed by atoms with van der Waals surface area (Å²) in [5.74, 6) is -0.348. The monoisotopic (exact) mass is 397 g/mol. The Kier molecular flexibility index (Phi) is 7.36. The molecule has 154 valence electrons. The fraction of sp³-hybridized carbons (Fsp3) is 0.391. The smallest absolute Gasteiger partial charge is 0.251 e. The van der Waals surface area contributed by atoms with Gasteiger partial charge in [0.25, 0.3) is 5.91 Å². The van der Waals surface area contributed by atoms with Gasteiger partial charge in [0.15, 0.2) is 0 Å². The average molecular weight is 397 g/mol. The standard InChI is InChI=1S/C23H28FN3O2/c1-17-5-4-12-27(15-17)16-20-7-3-2-6-19(20)13-25-22(28)14-26-23(29)18-8-10-21(24)11-9-18/h2-3,6-11,17H,4-5,12-16H2,1H3,(H,25,28)(H,26,29)/t17-/m0/s1. The van der Waals surface area contributed by atoms with Crippen LogP contribution in [0.1, 0.15) is 41.3 Å². The molecule has 1 saturated heterocycles. The predicted molar refractivity (Wildman–Crippen MR) is 111 cm³/mol. The van der Waals surface area contributed by atoms with E-state index in [2.05, 4.69) is 28.5 Å². The third kappa shape index (κ3) is 6.39. The number of carbonyl (C=O) groups excluding carboxylic acids is 2. The second kappa shape index (κ2) is 10.2. The average Bonchev–Trinajstić information content (AvgIpc) is 2.72. The molecule has 1 atom stereocenters. The van der Waals surface area contributed by atoms with Gasteiger partial charge in [-0.15, -0.1) is 0 Å². The van der Waals surface area contributed by atoms with E-state index in [4.69, 9.17) is 0 Å². The van der Waals surface area contributed by atoms with Crippen LogP contribution in [0.5, 0.6) is 0 Å². The van der Waals surface area contributed by atoms with Gasteiger partial charge in [-0.05, 0) is 60.7 Å². The Labute approximate surface area is 171 Å². The second-order valence-electron chi connectivity index (χ2n) is 7.72. The lowest BCUT2D eigenvalue weighted by atomic mass is 9.99. The molecule has 5 nitrogen and oxygen atoms in total. The van der Waals surface area contributed by atoms with Gasteiger partial charge in [-0.3, -0.25) is 14.5 Å². The first-order valence-electron chi connectivity index (χ1n) is 10.1. The number of nitrogens with one attached hydrogen (secondary N) is 2. The number of benzene rings is 2. The van der Waals surface area contributed by atoms with E-state index in [1.165, 1.54) is 42.7 Å². The van der Waals surface area contributed by atoms with Crippen LogP contribution in [0.3, 0.4) is 0 Å². The van der Waals surface area contributed by atoms with Gasteiger partial charge in [0.05, 0.1) is 6.54 Å². The molecule has 1 aliphatic heterocycles. The molecule has 0 aliphatic carbocycles. The fourth-order valence-corrected chi connectivity index (χ4v) is 3.68. The maximum Gasteiger partial charge on any atom is 0.251 e. The number of piperidine rings is 1. The van der Waals surface area contributed by atoms with Crippen molar-refractivity contribution in [1.82, 2.24) is 15.5 Å². The first kappa shape index (κ1) is 21.0. The van der Waals surface area contributed by atoms with Crippen LogP contribution in [-0.2, 0) is 17.9 Å². The minimum atomic E-state index is -0.406. The summed E-state index contributed by atoms with van der Waals surface area (Å²) in [5.41, 5.74) is 2.63. The Morgan fingerprint density at radius 3 is 2.52 bits per heavy atom. The molecule has 0 unspecified atom stereocenters. The van der Waals surface area contributed by atoms with Gasteiger partial charge in [-0.2, -0.15) is 0 Å². The van der Waals surface area contributed by atoms with Crippen molar-refractivity contribution in [2.75, 3.05) is 19.6 Å². The highest BCUT2D eigenvalue weighted by molar-refractivity contribution is 5.96. The number of halogens is 1. The zero-order valence-corrected chi connectivity index (χ0v) is 16.8. The summed E-state index contributed by atoms with van der Waals surface area (Å²) in [5, 5.41) is 5.43. The number of amides is 2. The SMILES string of the molecule is C[C@H]1CCCN(Cc2ccccc2CNC(=O)CNC(=O)c2ccc(F)cc2)C1. The molecule has 3 rings (SSSR count). The van der Waals surface area contributed by atoms with Crippen LogP contribution in [0.25, 0.3) is 0 Å². The van der Waals surface area contributed by atoms with Crippen molar-refractivity contribution >= 4 is 11.8 Å². The molecule has 2 N–H and O–H groups in total. The largest absolute Gasteiger partial charge is 0.350 e. The van der Waals surface area contributed by atoms with Gasteiger partial charge in [-0.1, -0.05) is 31.2 Å². The van der Waals surface area contributed by atoms with Crippen LogP contribution in [-0.4, -0.2) is 36.3 Å². The molecular formula is C23H28FN3O2. The van der Waals surface area contributed by atoms with Crippen LogP contribution in [0, 0.1) is 11.7 Å². The van der Waals surface area contributed by atoms with Crippen LogP contribution < -0.4 is 10.6 Å². The maximum atomic E-state index is 12.9. The van der Waals surface area contributed by atoms with Crippen molar-refractivity contribution in [2.45, 2.75) is 32.9 Å². The number of nitrogens with zero attached hydrogens (tertiary/aromatic N) is 1. The van der Waals surface area contributed by atoms with Gasteiger partial charge in [0.2, 0.25) is 5.91 Å². The van der Waals surface area contributed by atoms with Crippen molar-refractivity contribution in [3.8, 4) is 0 Å². The zero-order valence-electron chi connectivity index (χ0n) is 16.8. The molecule has 0 radical (unpaired) electrons. The Bertz CT molecular complexity index is 838. The molecule has 0 bridgehead atoms. The molecular weight excluding hydrogens is 369 g/mol. The van der Waals surface area contributed by atoms with E-state index >= 15 is 0 Å². The first-order valence-corrected chi connectivity index (χ1v) is 10.1. The highest BCUT2D eigenvalue weighted by atomic mass is 19.1. The first-order chi connectivity index (χ1) is 14.0. The lowest BCUT2D eigenvalue weighted by molar-refractivity contribution is -0.120. The second-order valence-corrected chi connectivity index (χ2v) is 7.72. The molecule has 6 heteroatoms. The molecule has 29 heavy (non-hydrogen) atoms. The summed E-state index contributed by atoms with van der Waals surface area (Å²) in [6.07, 6.45) is 2.52. The summed E-state index contributed by atoms with van der Waals surface area (Å²) in [6, 6.07) is 13.3. The van der Waals surface area contributed by atoms with Crippen molar-refractivity contribution in [1.29, 1.82) is 0 Å². The van der Waals surface area contributed by atoms with Crippen molar-refractivity contribution < 1.29 is 14.0 Å². The molecule has 0 spiro atoms. The van der Waals surface area contributed by atoms with Gasteiger partial charge in [-0.25, -0.2) is 4.39 Å². The third-order valence-electron chi connectivity index (χ3n) is 5.25.